The second-order valence-electron chi connectivity index (χ2n) is 5.04. The summed E-state index contributed by atoms with van der Waals surface area (Å²) in [6.07, 6.45) is 2.59. The van der Waals surface area contributed by atoms with Crippen molar-refractivity contribution in [1.29, 1.82) is 0 Å². The Kier molecular flexibility index (Phi) is 6.56. The minimum Gasteiger partial charge on any atom is -0.493 e. The van der Waals surface area contributed by atoms with Gasteiger partial charge in [-0.15, -0.1) is 10.2 Å². The Bertz CT molecular complexity index is 603. The summed E-state index contributed by atoms with van der Waals surface area (Å²) >= 11 is 6.64. The van der Waals surface area contributed by atoms with E-state index in [1.807, 2.05) is 24.3 Å². The quantitative estimate of drug-likeness (QED) is 0.517. The van der Waals surface area contributed by atoms with Crippen molar-refractivity contribution in [3.8, 4) is 5.75 Å². The predicted molar refractivity (Wildman–Crippen MR) is 97.7 cm³/mol. The number of nitrogens with zero attached hydrogens (tertiary/aromatic N) is 2. The van der Waals surface area contributed by atoms with Crippen LogP contribution >= 0.6 is 39.0 Å². The zero-order valence-electron chi connectivity index (χ0n) is 12.5. The first-order valence-corrected chi connectivity index (χ1v) is 10.1. The topological polar surface area (TPSA) is 56.3 Å². The summed E-state index contributed by atoms with van der Waals surface area (Å²) in [6.45, 7) is 2.33. The highest BCUT2D eigenvalue weighted by Crippen LogP contribution is 2.26. The molecule has 3 rings (SSSR count). The number of hydrogen-bond acceptors (Lipinski definition) is 7. The third kappa shape index (κ3) is 5.63. The average molecular weight is 416 g/mol. The van der Waals surface area contributed by atoms with Crippen molar-refractivity contribution in [3.63, 3.8) is 0 Å². The Morgan fingerprint density at radius 3 is 3.00 bits per heavy atom. The minimum atomic E-state index is 0.314. The lowest BCUT2D eigenvalue weighted by atomic mass is 10.2. The smallest absolute Gasteiger partial charge is 0.206 e. The van der Waals surface area contributed by atoms with Crippen LogP contribution < -0.4 is 10.1 Å². The van der Waals surface area contributed by atoms with Crippen molar-refractivity contribution in [2.24, 2.45) is 0 Å². The van der Waals surface area contributed by atoms with E-state index in [0.717, 1.165) is 51.4 Å². The van der Waals surface area contributed by atoms with Gasteiger partial charge in [-0.2, -0.15) is 0 Å². The number of aromatic nitrogens is 2. The molecule has 124 valence electrons. The SMILES string of the molecule is Brc1ccc(OCCSc2nnc(NC[C@@H]3CCCO3)s2)cc1. The van der Waals surface area contributed by atoms with E-state index in [4.69, 9.17) is 9.47 Å². The molecule has 0 aliphatic carbocycles. The summed E-state index contributed by atoms with van der Waals surface area (Å²) in [4.78, 5) is 0. The largest absolute Gasteiger partial charge is 0.493 e. The van der Waals surface area contributed by atoms with Crippen molar-refractivity contribution in [3.05, 3.63) is 28.7 Å². The molecule has 0 radical (unpaired) electrons. The molecule has 1 aliphatic rings. The number of ether oxygens (including phenoxy) is 2. The van der Waals surface area contributed by atoms with Gasteiger partial charge in [0, 0.05) is 23.4 Å². The highest BCUT2D eigenvalue weighted by atomic mass is 79.9. The molecule has 8 heteroatoms. The number of rotatable bonds is 8. The van der Waals surface area contributed by atoms with E-state index < -0.39 is 0 Å². The third-order valence-electron chi connectivity index (χ3n) is 3.30. The van der Waals surface area contributed by atoms with Crippen molar-refractivity contribution >= 4 is 44.2 Å². The summed E-state index contributed by atoms with van der Waals surface area (Å²) < 4.78 is 13.3. The van der Waals surface area contributed by atoms with Gasteiger partial charge < -0.3 is 14.8 Å². The molecule has 0 bridgehead atoms. The first kappa shape index (κ1) is 17.0. The summed E-state index contributed by atoms with van der Waals surface area (Å²) in [7, 11) is 0. The van der Waals surface area contributed by atoms with Gasteiger partial charge >= 0.3 is 0 Å². The molecule has 1 atom stereocenters. The highest BCUT2D eigenvalue weighted by Gasteiger charge is 2.15. The fourth-order valence-electron chi connectivity index (χ4n) is 2.17. The maximum Gasteiger partial charge on any atom is 0.206 e. The van der Waals surface area contributed by atoms with Gasteiger partial charge in [0.25, 0.3) is 0 Å². The number of benzene rings is 1. The fourth-order valence-corrected chi connectivity index (χ4v) is 4.08. The Morgan fingerprint density at radius 1 is 1.35 bits per heavy atom. The number of thioether (sulfide) groups is 1. The molecule has 23 heavy (non-hydrogen) atoms. The highest BCUT2D eigenvalue weighted by molar-refractivity contribution is 9.10. The molecule has 1 saturated heterocycles. The van der Waals surface area contributed by atoms with E-state index >= 15 is 0 Å². The van der Waals surface area contributed by atoms with Gasteiger partial charge in [-0.05, 0) is 37.1 Å². The van der Waals surface area contributed by atoms with Gasteiger partial charge in [-0.3, -0.25) is 0 Å². The normalized spacial score (nSPS) is 17.3. The van der Waals surface area contributed by atoms with E-state index in [1.165, 1.54) is 0 Å². The second kappa shape index (κ2) is 8.86. The van der Waals surface area contributed by atoms with Gasteiger partial charge in [-0.25, -0.2) is 0 Å². The molecule has 5 nitrogen and oxygen atoms in total. The van der Waals surface area contributed by atoms with Gasteiger partial charge in [0.1, 0.15) is 5.75 Å². The molecule has 1 aliphatic heterocycles. The van der Waals surface area contributed by atoms with E-state index in [2.05, 4.69) is 31.4 Å². The molecule has 1 fully saturated rings. The maximum atomic E-state index is 5.69. The van der Waals surface area contributed by atoms with Crippen LogP contribution in [-0.4, -0.2) is 41.8 Å². The lowest BCUT2D eigenvalue weighted by Gasteiger charge is -2.08. The van der Waals surface area contributed by atoms with Gasteiger partial charge in [0.15, 0.2) is 4.34 Å². The second-order valence-corrected chi connectivity index (χ2v) is 8.28. The van der Waals surface area contributed by atoms with Crippen LogP contribution in [0.1, 0.15) is 12.8 Å². The first-order chi connectivity index (χ1) is 11.3. The monoisotopic (exact) mass is 415 g/mol. The number of anilines is 1. The Balaban J connectivity index is 1.34. The van der Waals surface area contributed by atoms with E-state index in [-0.39, 0.29) is 0 Å². The van der Waals surface area contributed by atoms with Crippen LogP contribution in [0.25, 0.3) is 0 Å². The molecule has 2 heterocycles. The Morgan fingerprint density at radius 2 is 2.22 bits per heavy atom. The van der Waals surface area contributed by atoms with Crippen molar-refractivity contribution < 1.29 is 9.47 Å². The zero-order valence-corrected chi connectivity index (χ0v) is 15.8. The lowest BCUT2D eigenvalue weighted by Crippen LogP contribution is -2.18. The molecule has 0 amide bonds. The van der Waals surface area contributed by atoms with E-state index in [9.17, 15) is 0 Å². The molecule has 1 aromatic heterocycles. The Hall–Kier alpha value is -0.830. The molecule has 1 N–H and O–H groups in total. The molecule has 0 spiro atoms. The number of halogens is 1. The van der Waals surface area contributed by atoms with Crippen molar-refractivity contribution in [2.45, 2.75) is 23.3 Å². The van der Waals surface area contributed by atoms with E-state index in [0.29, 0.717) is 12.7 Å². The fraction of sp³-hybridized carbons (Fsp3) is 0.467. The van der Waals surface area contributed by atoms with Crippen molar-refractivity contribution in [1.82, 2.24) is 10.2 Å². The number of nitrogens with one attached hydrogen (secondary N) is 1. The summed E-state index contributed by atoms with van der Waals surface area (Å²) in [5.41, 5.74) is 0. The van der Waals surface area contributed by atoms with Crippen LogP contribution in [0.5, 0.6) is 5.75 Å². The van der Waals surface area contributed by atoms with Crippen LogP contribution in [-0.2, 0) is 4.74 Å². The maximum absolute atomic E-state index is 5.69. The molecular formula is C15H18BrN3O2S2. The zero-order chi connectivity index (χ0) is 15.9. The van der Waals surface area contributed by atoms with E-state index in [1.54, 1.807) is 23.1 Å². The lowest BCUT2D eigenvalue weighted by molar-refractivity contribution is 0.120. The standard InChI is InChI=1S/C15H18BrN3O2S2/c16-11-3-5-12(6-4-11)21-8-9-22-15-19-18-14(23-15)17-10-13-2-1-7-20-13/h3-6,13H,1-2,7-10H2,(H,17,18)/t13-/m0/s1. The van der Waals surface area contributed by atoms with Crippen LogP contribution in [0, 0.1) is 0 Å². The molecular weight excluding hydrogens is 398 g/mol. The molecule has 0 unspecified atom stereocenters. The summed E-state index contributed by atoms with van der Waals surface area (Å²) in [5, 5.41) is 12.5. The number of hydrogen-bond donors (Lipinski definition) is 1. The van der Waals surface area contributed by atoms with Crippen LogP contribution in [0.2, 0.25) is 0 Å². The molecule has 0 saturated carbocycles. The average Bonchev–Trinajstić information content (AvgIpc) is 3.23. The van der Waals surface area contributed by atoms with Crippen molar-refractivity contribution in [2.75, 3.05) is 30.8 Å². The molecule has 2 aromatic rings. The van der Waals surface area contributed by atoms with Gasteiger partial charge in [-0.1, -0.05) is 39.0 Å². The van der Waals surface area contributed by atoms with Crippen LogP contribution in [0.15, 0.2) is 33.1 Å². The van der Waals surface area contributed by atoms with Gasteiger partial charge in [0.2, 0.25) is 5.13 Å². The predicted octanol–water partition coefficient (Wildman–Crippen LogP) is 4.06. The van der Waals surface area contributed by atoms with Crippen LogP contribution in [0.4, 0.5) is 5.13 Å². The third-order valence-corrected chi connectivity index (χ3v) is 5.81. The summed E-state index contributed by atoms with van der Waals surface area (Å²) in [6, 6.07) is 7.85. The van der Waals surface area contributed by atoms with Gasteiger partial charge in [0.05, 0.1) is 12.7 Å². The minimum absolute atomic E-state index is 0.314. The van der Waals surface area contributed by atoms with Crippen LogP contribution in [0.3, 0.4) is 0 Å². The first-order valence-electron chi connectivity index (χ1n) is 7.50. The Labute approximate surface area is 152 Å². The summed E-state index contributed by atoms with van der Waals surface area (Å²) in [5.74, 6) is 1.72. The molecule has 1 aromatic carbocycles.